The Bertz CT molecular complexity index is 572. The van der Waals surface area contributed by atoms with E-state index in [1.54, 1.807) is 13.1 Å². The second kappa shape index (κ2) is 8.10. The van der Waals surface area contributed by atoms with Crippen molar-refractivity contribution in [1.29, 1.82) is 0 Å². The molecule has 8 heteroatoms. The van der Waals surface area contributed by atoms with Gasteiger partial charge in [-0.05, 0) is 18.8 Å². The fourth-order valence-electron chi connectivity index (χ4n) is 3.32. The average molecular weight is 360 g/mol. The molecule has 25 heavy (non-hydrogen) atoms. The number of imidazole rings is 1. The van der Waals surface area contributed by atoms with Gasteiger partial charge in [0.25, 0.3) is 0 Å². The van der Waals surface area contributed by atoms with Crippen LogP contribution in [0.15, 0.2) is 12.4 Å². The summed E-state index contributed by atoms with van der Waals surface area (Å²) in [6, 6.07) is -2.39. The van der Waals surface area contributed by atoms with E-state index in [4.69, 9.17) is 0 Å². The molecule has 0 aliphatic carbocycles. The molecule has 142 valence electrons. The number of nitrogens with one attached hydrogen (secondary N) is 1. The first-order valence-electron chi connectivity index (χ1n) is 8.91. The van der Waals surface area contributed by atoms with Gasteiger partial charge in [-0.2, -0.15) is 13.2 Å². The maximum atomic E-state index is 13.2. The van der Waals surface area contributed by atoms with Crippen molar-refractivity contribution in [2.24, 2.45) is 5.92 Å². The van der Waals surface area contributed by atoms with Crippen LogP contribution in [0.3, 0.4) is 0 Å². The van der Waals surface area contributed by atoms with Crippen LogP contribution in [0.1, 0.15) is 51.9 Å². The van der Waals surface area contributed by atoms with E-state index in [0.29, 0.717) is 19.5 Å². The molecule has 0 aromatic carbocycles. The number of nitrogens with zero attached hydrogens (tertiary/aromatic N) is 3. The van der Waals surface area contributed by atoms with Gasteiger partial charge in [-0.15, -0.1) is 0 Å². The molecule has 1 saturated heterocycles. The number of hydrogen-bond donors (Lipinski definition) is 1. The van der Waals surface area contributed by atoms with Crippen molar-refractivity contribution in [2.75, 3.05) is 13.1 Å². The first-order valence-corrected chi connectivity index (χ1v) is 8.91. The highest BCUT2D eigenvalue weighted by Gasteiger charge is 2.44. The smallest absolute Gasteiger partial charge is 0.330 e. The van der Waals surface area contributed by atoms with E-state index in [-0.39, 0.29) is 6.04 Å². The molecule has 3 unspecified atom stereocenters. The lowest BCUT2D eigenvalue weighted by molar-refractivity contribution is -0.164. The van der Waals surface area contributed by atoms with Gasteiger partial charge in [0.05, 0.1) is 6.04 Å². The van der Waals surface area contributed by atoms with Gasteiger partial charge in [0.2, 0.25) is 0 Å². The lowest BCUT2D eigenvalue weighted by Gasteiger charge is -2.36. The number of aromatic nitrogens is 2. The predicted molar refractivity (Wildman–Crippen MR) is 89.3 cm³/mol. The fourth-order valence-corrected chi connectivity index (χ4v) is 3.32. The van der Waals surface area contributed by atoms with E-state index in [0.717, 1.165) is 25.1 Å². The third-order valence-electron chi connectivity index (χ3n) is 4.99. The first kappa shape index (κ1) is 19.6. The fraction of sp³-hybridized carbons (Fsp3) is 0.765. The number of likely N-dealkylation sites (tertiary alicyclic amines) is 1. The standard InChI is InChI=1S/C17H27F3N4O/c1-4-12(3)15(17(18,19)20)22-16(25)23-9-6-7-13(11-23)24-10-8-21-14(24)5-2/h8,10,12-13,15H,4-7,9,11H2,1-3H3,(H,22,25). The van der Waals surface area contributed by atoms with Crippen LogP contribution in [-0.2, 0) is 6.42 Å². The zero-order valence-corrected chi connectivity index (χ0v) is 15.0. The maximum Gasteiger partial charge on any atom is 0.408 e. The summed E-state index contributed by atoms with van der Waals surface area (Å²) >= 11 is 0. The number of urea groups is 1. The summed E-state index contributed by atoms with van der Waals surface area (Å²) in [4.78, 5) is 18.2. The van der Waals surface area contributed by atoms with Gasteiger partial charge >= 0.3 is 12.2 Å². The van der Waals surface area contributed by atoms with Crippen molar-refractivity contribution in [3.63, 3.8) is 0 Å². The molecule has 2 rings (SSSR count). The van der Waals surface area contributed by atoms with Crippen LogP contribution >= 0.6 is 0 Å². The third-order valence-corrected chi connectivity index (χ3v) is 4.99. The van der Waals surface area contributed by atoms with E-state index in [1.807, 2.05) is 17.7 Å². The van der Waals surface area contributed by atoms with Crippen molar-refractivity contribution in [1.82, 2.24) is 19.8 Å². The maximum absolute atomic E-state index is 13.2. The van der Waals surface area contributed by atoms with Gasteiger partial charge in [0.1, 0.15) is 11.9 Å². The van der Waals surface area contributed by atoms with Crippen LogP contribution in [0.4, 0.5) is 18.0 Å². The van der Waals surface area contributed by atoms with E-state index in [2.05, 4.69) is 10.3 Å². The van der Waals surface area contributed by atoms with E-state index < -0.39 is 24.2 Å². The molecule has 2 amide bonds. The molecular weight excluding hydrogens is 333 g/mol. The molecule has 1 aromatic heterocycles. The molecule has 3 atom stereocenters. The van der Waals surface area contributed by atoms with Crippen molar-refractivity contribution < 1.29 is 18.0 Å². The Balaban J connectivity index is 2.06. The zero-order valence-electron chi connectivity index (χ0n) is 15.0. The Kier molecular flexibility index (Phi) is 6.35. The lowest BCUT2D eigenvalue weighted by Crippen LogP contribution is -2.55. The van der Waals surface area contributed by atoms with Gasteiger partial charge in [-0.25, -0.2) is 9.78 Å². The molecule has 1 aromatic rings. The predicted octanol–water partition coefficient (Wildman–Crippen LogP) is 3.77. The molecule has 2 heterocycles. The van der Waals surface area contributed by atoms with Gasteiger partial charge in [-0.1, -0.05) is 27.2 Å². The minimum Gasteiger partial charge on any atom is -0.330 e. The van der Waals surface area contributed by atoms with Crippen molar-refractivity contribution in [2.45, 2.75) is 64.7 Å². The molecule has 0 bridgehead atoms. The molecule has 1 N–H and O–H groups in total. The monoisotopic (exact) mass is 360 g/mol. The summed E-state index contributed by atoms with van der Waals surface area (Å²) in [6.45, 7) is 6.09. The van der Waals surface area contributed by atoms with Crippen LogP contribution in [-0.4, -0.2) is 45.8 Å². The number of rotatable bonds is 5. The highest BCUT2D eigenvalue weighted by atomic mass is 19.4. The van der Waals surface area contributed by atoms with Gasteiger partial charge < -0.3 is 14.8 Å². The topological polar surface area (TPSA) is 50.2 Å². The summed E-state index contributed by atoms with van der Waals surface area (Å²) in [5, 5.41) is 2.21. The highest BCUT2D eigenvalue weighted by molar-refractivity contribution is 5.74. The van der Waals surface area contributed by atoms with Crippen LogP contribution < -0.4 is 5.32 Å². The number of carbonyl (C=O) groups excluding carboxylic acids is 1. The van der Waals surface area contributed by atoms with Gasteiger partial charge in [0.15, 0.2) is 0 Å². The second-order valence-corrected chi connectivity index (χ2v) is 6.70. The lowest BCUT2D eigenvalue weighted by atomic mass is 9.98. The molecule has 1 fully saturated rings. The Hall–Kier alpha value is -1.73. The molecule has 0 spiro atoms. The Morgan fingerprint density at radius 2 is 2.16 bits per heavy atom. The van der Waals surface area contributed by atoms with Crippen molar-refractivity contribution in [3.8, 4) is 0 Å². The number of piperidine rings is 1. The second-order valence-electron chi connectivity index (χ2n) is 6.70. The number of hydrogen-bond acceptors (Lipinski definition) is 2. The molecule has 1 aliphatic heterocycles. The SMILES string of the molecule is CCc1nccn1C1CCCN(C(=O)NC(C(C)CC)C(F)(F)F)C1. The van der Waals surface area contributed by atoms with E-state index in [9.17, 15) is 18.0 Å². The molecule has 5 nitrogen and oxygen atoms in total. The Labute approximate surface area is 146 Å². The number of carbonyl (C=O) groups is 1. The van der Waals surface area contributed by atoms with Gasteiger partial charge in [0, 0.05) is 31.9 Å². The van der Waals surface area contributed by atoms with Crippen LogP contribution in [0, 0.1) is 5.92 Å². The summed E-state index contributed by atoms with van der Waals surface area (Å²) in [6.07, 6.45) is 1.94. The molecular formula is C17H27F3N4O. The van der Waals surface area contributed by atoms with Crippen molar-refractivity contribution >= 4 is 6.03 Å². The summed E-state index contributed by atoms with van der Waals surface area (Å²) in [7, 11) is 0. The number of alkyl halides is 3. The molecule has 0 saturated carbocycles. The van der Waals surface area contributed by atoms with Crippen LogP contribution in [0.25, 0.3) is 0 Å². The number of halogens is 3. The quantitative estimate of drug-likeness (QED) is 0.869. The normalized spacial score (nSPS) is 21.0. The minimum absolute atomic E-state index is 0.0601. The van der Waals surface area contributed by atoms with Crippen LogP contribution in [0.2, 0.25) is 0 Å². The zero-order chi connectivity index (χ0) is 18.6. The summed E-state index contributed by atoms with van der Waals surface area (Å²) in [5.41, 5.74) is 0. The number of amides is 2. The summed E-state index contributed by atoms with van der Waals surface area (Å²) in [5.74, 6) is 0.268. The third kappa shape index (κ3) is 4.67. The van der Waals surface area contributed by atoms with Gasteiger partial charge in [-0.3, -0.25) is 0 Å². The Morgan fingerprint density at radius 1 is 1.44 bits per heavy atom. The first-order chi connectivity index (χ1) is 11.8. The van der Waals surface area contributed by atoms with E-state index in [1.165, 1.54) is 11.8 Å². The average Bonchev–Trinajstić information content (AvgIpc) is 3.06. The minimum atomic E-state index is -4.44. The highest BCUT2D eigenvalue weighted by Crippen LogP contribution is 2.28. The summed E-state index contributed by atoms with van der Waals surface area (Å²) < 4.78 is 41.8. The molecule has 1 aliphatic rings. The molecule has 0 radical (unpaired) electrons. The Morgan fingerprint density at radius 3 is 2.76 bits per heavy atom. The van der Waals surface area contributed by atoms with Crippen molar-refractivity contribution in [3.05, 3.63) is 18.2 Å². The van der Waals surface area contributed by atoms with E-state index >= 15 is 0 Å². The number of aryl methyl sites for hydroxylation is 1. The largest absolute Gasteiger partial charge is 0.408 e. The van der Waals surface area contributed by atoms with Crippen LogP contribution in [0.5, 0.6) is 0 Å².